The van der Waals surface area contributed by atoms with Crippen molar-refractivity contribution in [1.29, 1.82) is 0 Å². The quantitative estimate of drug-likeness (QED) is 0.558. The van der Waals surface area contributed by atoms with Gasteiger partial charge >= 0.3 is 0 Å². The maximum absolute atomic E-state index is 4.23. The van der Waals surface area contributed by atoms with Crippen LogP contribution in [-0.2, 0) is 0 Å². The summed E-state index contributed by atoms with van der Waals surface area (Å²) >= 11 is -0.196. The molecule has 0 saturated heterocycles. The average Bonchev–Trinajstić information content (AvgIpc) is 1.85. The fourth-order valence-corrected chi connectivity index (χ4v) is 1.84. The van der Waals surface area contributed by atoms with Crippen molar-refractivity contribution in [3.8, 4) is 0 Å². The fraction of sp³-hybridized carbons (Fsp3) is 0.286. The molecule has 2 nitrogen and oxygen atoms in total. The van der Waals surface area contributed by atoms with Gasteiger partial charge in [-0.25, -0.2) is 9.97 Å². The highest BCUT2D eigenvalue weighted by Crippen LogP contribution is 2.04. The van der Waals surface area contributed by atoms with E-state index in [1.54, 1.807) is 0 Å². The molecule has 54 valence electrons. The molecule has 1 aromatic rings. The van der Waals surface area contributed by atoms with E-state index in [2.05, 4.69) is 14.5 Å². The van der Waals surface area contributed by atoms with Gasteiger partial charge < -0.3 is 0 Å². The van der Waals surface area contributed by atoms with Gasteiger partial charge in [-0.1, -0.05) is 25.2 Å². The van der Waals surface area contributed by atoms with E-state index in [0.29, 0.717) is 0 Å². The van der Waals surface area contributed by atoms with Gasteiger partial charge in [0.15, 0.2) is 3.83 Å². The lowest BCUT2D eigenvalue weighted by Gasteiger charge is -1.95. The van der Waals surface area contributed by atoms with E-state index in [9.17, 15) is 0 Å². The third-order valence-corrected chi connectivity index (χ3v) is 2.24. The van der Waals surface area contributed by atoms with Crippen LogP contribution in [0.3, 0.4) is 0 Å². The Morgan fingerprint density at radius 1 is 1.30 bits per heavy atom. The van der Waals surface area contributed by atoms with Gasteiger partial charge in [-0.2, -0.15) is 0 Å². The van der Waals surface area contributed by atoms with Gasteiger partial charge in [0.05, 0.1) is 0 Å². The standard InChI is InChI=1S/C7H9IN2/c1-5-4-6(2)10-7(8-3)9-5/h4H,3H2,1-2H3. The molecule has 0 unspecified atom stereocenters. The second-order valence-electron chi connectivity index (χ2n) is 2.05. The molecule has 0 N–H and O–H groups in total. The molecule has 0 radical (unpaired) electrons. The van der Waals surface area contributed by atoms with Gasteiger partial charge in [-0.15, -0.1) is 0 Å². The van der Waals surface area contributed by atoms with E-state index < -0.39 is 0 Å². The molecular weight excluding hydrogens is 239 g/mol. The van der Waals surface area contributed by atoms with Gasteiger partial charge in [0.2, 0.25) is 0 Å². The van der Waals surface area contributed by atoms with Crippen LogP contribution in [0.15, 0.2) is 6.07 Å². The minimum absolute atomic E-state index is 0.196. The zero-order valence-electron chi connectivity index (χ0n) is 6.06. The third-order valence-electron chi connectivity index (χ3n) is 1.07. The summed E-state index contributed by atoms with van der Waals surface area (Å²) in [6.07, 6.45) is 0. The summed E-state index contributed by atoms with van der Waals surface area (Å²) in [5.74, 6) is 0. The number of hydrogen-bond donors (Lipinski definition) is 0. The van der Waals surface area contributed by atoms with E-state index in [4.69, 9.17) is 0 Å². The highest BCUT2D eigenvalue weighted by molar-refractivity contribution is 14.2. The van der Waals surface area contributed by atoms with Crippen molar-refractivity contribution in [1.82, 2.24) is 9.97 Å². The molecule has 1 aromatic heterocycles. The Labute approximate surface area is 70.5 Å². The minimum atomic E-state index is -0.196. The summed E-state index contributed by atoms with van der Waals surface area (Å²) in [7, 11) is 0. The van der Waals surface area contributed by atoms with Gasteiger partial charge in [0, 0.05) is 11.4 Å². The third kappa shape index (κ3) is 1.83. The van der Waals surface area contributed by atoms with Crippen LogP contribution in [-0.4, -0.2) is 14.5 Å². The Morgan fingerprint density at radius 2 is 1.80 bits per heavy atom. The molecule has 3 heteroatoms. The molecule has 0 bridgehead atoms. The van der Waals surface area contributed by atoms with Crippen LogP contribution >= 0.6 is 20.7 Å². The zero-order chi connectivity index (χ0) is 7.56. The van der Waals surface area contributed by atoms with Crippen LogP contribution in [0.25, 0.3) is 0 Å². The second kappa shape index (κ2) is 3.18. The molecule has 0 saturated carbocycles. The zero-order valence-corrected chi connectivity index (χ0v) is 8.21. The fourth-order valence-electron chi connectivity index (χ4n) is 0.743. The summed E-state index contributed by atoms with van der Waals surface area (Å²) in [5.41, 5.74) is 2.09. The largest absolute Gasteiger partial charge is 0.229 e. The van der Waals surface area contributed by atoms with Crippen LogP contribution < -0.4 is 0 Å². The maximum atomic E-state index is 4.23. The van der Waals surface area contributed by atoms with Crippen LogP contribution in [0.2, 0.25) is 0 Å². The Kier molecular flexibility index (Phi) is 2.48. The number of aryl methyl sites for hydroxylation is 2. The molecular formula is C7H9IN2. The normalized spacial score (nSPS) is 9.80. The van der Waals surface area contributed by atoms with Crippen molar-refractivity contribution in [2.24, 2.45) is 0 Å². The summed E-state index contributed by atoms with van der Waals surface area (Å²) < 4.78 is 4.76. The molecule has 0 aliphatic carbocycles. The molecule has 1 heterocycles. The lowest BCUT2D eigenvalue weighted by Crippen LogP contribution is -1.92. The number of aromatic nitrogens is 2. The van der Waals surface area contributed by atoms with Gasteiger partial charge in [-0.05, 0) is 19.9 Å². The van der Waals surface area contributed by atoms with Crippen molar-refractivity contribution < 1.29 is 0 Å². The predicted octanol–water partition coefficient (Wildman–Crippen LogP) is 1.67. The topological polar surface area (TPSA) is 25.8 Å². The number of hydrogen-bond acceptors (Lipinski definition) is 2. The van der Waals surface area contributed by atoms with Crippen molar-refractivity contribution in [3.63, 3.8) is 0 Å². The first-order valence-electron chi connectivity index (χ1n) is 2.93. The number of rotatable bonds is 1. The highest BCUT2D eigenvalue weighted by atomic mass is 127. The molecule has 0 aliphatic rings. The van der Waals surface area contributed by atoms with Crippen LogP contribution in [0, 0.1) is 17.7 Å². The van der Waals surface area contributed by atoms with Crippen molar-refractivity contribution in [2.45, 2.75) is 13.8 Å². The molecule has 1 rings (SSSR count). The Morgan fingerprint density at radius 3 is 2.20 bits per heavy atom. The van der Waals surface area contributed by atoms with E-state index >= 15 is 0 Å². The molecule has 10 heavy (non-hydrogen) atoms. The molecule has 0 spiro atoms. The average molecular weight is 248 g/mol. The van der Waals surface area contributed by atoms with E-state index in [-0.39, 0.29) is 20.7 Å². The summed E-state index contributed by atoms with van der Waals surface area (Å²) in [6, 6.07) is 1.98. The minimum Gasteiger partial charge on any atom is -0.229 e. The van der Waals surface area contributed by atoms with Crippen LogP contribution in [0.5, 0.6) is 0 Å². The monoisotopic (exact) mass is 248 g/mol. The first-order chi connectivity index (χ1) is 4.72. The Bertz CT molecular complexity index is 238. The van der Waals surface area contributed by atoms with Crippen LogP contribution in [0.4, 0.5) is 0 Å². The maximum Gasteiger partial charge on any atom is 0.184 e. The van der Waals surface area contributed by atoms with E-state index in [1.165, 1.54) is 0 Å². The van der Waals surface area contributed by atoms with E-state index in [0.717, 1.165) is 15.2 Å². The smallest absolute Gasteiger partial charge is 0.184 e. The highest BCUT2D eigenvalue weighted by Gasteiger charge is 1.92. The summed E-state index contributed by atoms with van der Waals surface area (Å²) in [4.78, 5) is 8.46. The predicted molar refractivity (Wildman–Crippen MR) is 51.3 cm³/mol. The number of nitrogens with zero attached hydrogens (tertiary/aromatic N) is 2. The lowest BCUT2D eigenvalue weighted by atomic mass is 10.4. The molecule has 0 fully saturated rings. The van der Waals surface area contributed by atoms with Crippen molar-refractivity contribution in [2.75, 3.05) is 0 Å². The van der Waals surface area contributed by atoms with Crippen LogP contribution in [0.1, 0.15) is 11.4 Å². The summed E-state index contributed by atoms with van der Waals surface area (Å²) in [6.45, 7) is 3.97. The molecule has 0 atom stereocenters. The molecule has 0 aliphatic heterocycles. The number of halogens is 1. The van der Waals surface area contributed by atoms with Crippen molar-refractivity contribution >= 4 is 25.2 Å². The summed E-state index contributed by atoms with van der Waals surface area (Å²) in [5, 5.41) is 0. The van der Waals surface area contributed by atoms with Crippen molar-refractivity contribution in [3.05, 3.63) is 21.3 Å². The first kappa shape index (κ1) is 7.78. The second-order valence-corrected chi connectivity index (χ2v) is 3.78. The van der Waals surface area contributed by atoms with Gasteiger partial charge in [-0.3, -0.25) is 0 Å². The Hall–Kier alpha value is -0.320. The first-order valence-corrected chi connectivity index (χ1v) is 5.53. The SMILES string of the molecule is C=Ic1nc(C)cc(C)n1. The Balaban J connectivity index is 3.18. The lowest BCUT2D eigenvalue weighted by molar-refractivity contribution is 1.01. The van der Waals surface area contributed by atoms with Gasteiger partial charge in [0.1, 0.15) is 0 Å². The van der Waals surface area contributed by atoms with Gasteiger partial charge in [0.25, 0.3) is 0 Å². The molecule has 0 aromatic carbocycles. The van der Waals surface area contributed by atoms with E-state index in [1.807, 2.05) is 19.9 Å². The molecule has 0 amide bonds.